The second-order valence-electron chi connectivity index (χ2n) is 35.7. The molecule has 4 amide bonds. The van der Waals surface area contributed by atoms with E-state index in [0.29, 0.717) is 44.1 Å². The molecule has 11 atom stereocenters. The smallest absolute Gasteiger partial charge is 0.317 e. The first kappa shape index (κ1) is 99.8. The molecular formula is C94H164N4O13. The number of unbranched alkanes of at least 4 members (excludes halogenated alkanes) is 39. The molecule has 0 saturated carbocycles. The highest BCUT2D eigenvalue weighted by Crippen LogP contribution is 2.48. The number of rotatable bonds is 71. The Labute approximate surface area is 675 Å². The number of imide groups is 1. The van der Waals surface area contributed by atoms with E-state index in [9.17, 15) is 39.0 Å². The standard InChI is InChI=1S/C94H164N4O13/c1-13-16-19-22-25-28-31-34-37-40-43-46-49-52-55-75(66-80(87(100)96-68-71(6)7)84(90(103)104)76(65-79-73(10)92(107)111-94(79)109)56-53-50-47-44-41-38-35-32-29-26-23-20-17-14-2)83-81(88(101)98(89(83)102)69-72(8)9)67-77(57-54-51-48-45-42-39-36-33-30-27-24-21-18-15-3)85(91(105)106)82(64-70(4)5)93(108)110-63-62-95-86(99)74-58-60-78(61-59-74)97(11)12/h58-61,70-73,75-77,79-85H,13-57,62-69H2,1-12H3,(H,95,99)(H,96,100)(H,103,104)(H,105,106). The zero-order chi connectivity index (χ0) is 81.7. The zero-order valence-corrected chi connectivity index (χ0v) is 72.6. The lowest BCUT2D eigenvalue weighted by Crippen LogP contribution is -2.45. The number of carbonyl (C=O) groups excluding carboxylic acids is 7. The van der Waals surface area contributed by atoms with Crippen molar-refractivity contribution >= 4 is 59.2 Å². The number of carboxylic acids is 2. The average molecular weight is 1560 g/mol. The van der Waals surface area contributed by atoms with Crippen LogP contribution in [0.3, 0.4) is 0 Å². The van der Waals surface area contributed by atoms with Gasteiger partial charge < -0.3 is 35.2 Å². The van der Waals surface area contributed by atoms with Gasteiger partial charge in [0.2, 0.25) is 17.7 Å². The Hall–Kier alpha value is -5.35. The predicted octanol–water partition coefficient (Wildman–Crippen LogP) is 22.7. The molecule has 2 fully saturated rings. The van der Waals surface area contributed by atoms with Gasteiger partial charge in [-0.05, 0) is 105 Å². The van der Waals surface area contributed by atoms with E-state index in [1.54, 1.807) is 19.1 Å². The molecular weight excluding hydrogens is 1390 g/mol. The zero-order valence-electron chi connectivity index (χ0n) is 72.6. The first-order chi connectivity index (χ1) is 53.4. The lowest BCUT2D eigenvalue weighted by Gasteiger charge is -2.37. The molecule has 0 radical (unpaired) electrons. The fraction of sp³-hybridized carbons (Fsp3) is 0.840. The quantitative estimate of drug-likeness (QED) is 0.0205. The molecule has 3 rings (SSSR count). The van der Waals surface area contributed by atoms with Crippen molar-refractivity contribution in [2.75, 3.05) is 45.2 Å². The average Bonchev–Trinajstić information content (AvgIpc) is 1.66. The molecule has 0 spiro atoms. The Bertz CT molecular complexity index is 2720. The number of amides is 4. The molecule has 1 aromatic carbocycles. The first-order valence-corrected chi connectivity index (χ1v) is 46.0. The highest BCUT2D eigenvalue weighted by Gasteiger charge is 2.55. The van der Waals surface area contributed by atoms with Crippen molar-refractivity contribution < 1.29 is 62.8 Å². The Morgan fingerprint density at radius 2 is 0.856 bits per heavy atom. The van der Waals surface area contributed by atoms with Crippen molar-refractivity contribution in [1.82, 2.24) is 15.5 Å². The van der Waals surface area contributed by atoms with E-state index in [-0.39, 0.29) is 75.6 Å². The normalized spacial score (nSPS) is 17.8. The number of hydrogen-bond acceptors (Lipinski definition) is 12. The molecule has 2 saturated heterocycles. The summed E-state index contributed by atoms with van der Waals surface area (Å²) in [6, 6.07) is 7.13. The van der Waals surface area contributed by atoms with Crippen molar-refractivity contribution in [3.8, 4) is 0 Å². The Kier molecular flexibility index (Phi) is 54.2. The van der Waals surface area contributed by atoms with Crippen molar-refractivity contribution in [3.63, 3.8) is 0 Å². The maximum atomic E-state index is 16.0. The summed E-state index contributed by atoms with van der Waals surface area (Å²) >= 11 is 0. The van der Waals surface area contributed by atoms with Crippen LogP contribution in [0.25, 0.3) is 0 Å². The number of carbonyl (C=O) groups is 9. The fourth-order valence-electron chi connectivity index (χ4n) is 17.8. The number of carboxylic acid groups (broad SMARTS) is 2. The maximum Gasteiger partial charge on any atom is 0.317 e. The summed E-state index contributed by atoms with van der Waals surface area (Å²) in [4.78, 5) is 135. The van der Waals surface area contributed by atoms with Crippen LogP contribution in [0, 0.1) is 82.9 Å². The van der Waals surface area contributed by atoms with Crippen LogP contribution in [0.5, 0.6) is 0 Å². The maximum absolute atomic E-state index is 16.0. The molecule has 0 aromatic heterocycles. The van der Waals surface area contributed by atoms with Gasteiger partial charge in [0, 0.05) is 38.4 Å². The summed E-state index contributed by atoms with van der Waals surface area (Å²) in [6.07, 6.45) is 48.5. The number of anilines is 1. The first-order valence-electron chi connectivity index (χ1n) is 46.0. The summed E-state index contributed by atoms with van der Waals surface area (Å²) in [6.45, 7) is 20.2. The highest BCUT2D eigenvalue weighted by molar-refractivity contribution is 6.05. The minimum atomic E-state index is -1.36. The Morgan fingerprint density at radius 1 is 0.468 bits per heavy atom. The molecule has 4 N–H and O–H groups in total. The van der Waals surface area contributed by atoms with Gasteiger partial charge in [-0.15, -0.1) is 0 Å². The lowest BCUT2D eigenvalue weighted by molar-refractivity contribution is -0.161. The van der Waals surface area contributed by atoms with E-state index in [1.165, 1.54) is 165 Å². The van der Waals surface area contributed by atoms with Crippen LogP contribution in [0.1, 0.15) is 394 Å². The summed E-state index contributed by atoms with van der Waals surface area (Å²) in [7, 11) is 3.83. The molecule has 2 heterocycles. The number of nitrogens with zero attached hydrogens (tertiary/aromatic N) is 2. The van der Waals surface area contributed by atoms with Gasteiger partial charge >= 0.3 is 29.8 Å². The van der Waals surface area contributed by atoms with E-state index in [0.717, 1.165) is 95.6 Å². The van der Waals surface area contributed by atoms with Gasteiger partial charge in [0.15, 0.2) is 0 Å². The largest absolute Gasteiger partial charge is 0.481 e. The van der Waals surface area contributed by atoms with Gasteiger partial charge in [-0.1, -0.05) is 339 Å². The molecule has 11 unspecified atom stereocenters. The van der Waals surface area contributed by atoms with Crippen molar-refractivity contribution in [1.29, 1.82) is 0 Å². The minimum Gasteiger partial charge on any atom is -0.481 e. The van der Waals surface area contributed by atoms with Gasteiger partial charge in [0.05, 0.1) is 53.9 Å². The third-order valence-electron chi connectivity index (χ3n) is 24.3. The molecule has 17 heteroatoms. The number of ether oxygens (including phenoxy) is 2. The number of esters is 3. The van der Waals surface area contributed by atoms with Crippen LogP contribution in [0.15, 0.2) is 24.3 Å². The molecule has 2 aliphatic heterocycles. The van der Waals surface area contributed by atoms with Crippen LogP contribution in [-0.2, 0) is 47.8 Å². The molecule has 638 valence electrons. The molecule has 2 aliphatic rings. The third kappa shape index (κ3) is 40.7. The van der Waals surface area contributed by atoms with Crippen molar-refractivity contribution in [2.45, 2.75) is 384 Å². The second kappa shape index (κ2) is 60.2. The summed E-state index contributed by atoms with van der Waals surface area (Å²) in [5.41, 5.74) is 1.36. The number of aliphatic carboxylic acids is 2. The number of cyclic esters (lactones) is 2. The number of likely N-dealkylation sites (tertiary alicyclic amines) is 1. The van der Waals surface area contributed by atoms with E-state index >= 15 is 14.4 Å². The fourth-order valence-corrected chi connectivity index (χ4v) is 17.8. The Morgan fingerprint density at radius 3 is 1.22 bits per heavy atom. The molecule has 1 aromatic rings. The van der Waals surface area contributed by atoms with Crippen LogP contribution < -0.4 is 15.5 Å². The molecule has 17 nitrogen and oxygen atoms in total. The van der Waals surface area contributed by atoms with E-state index in [1.807, 2.05) is 72.7 Å². The van der Waals surface area contributed by atoms with E-state index in [2.05, 4.69) is 31.4 Å². The molecule has 111 heavy (non-hydrogen) atoms. The number of nitrogens with one attached hydrogen (secondary N) is 2. The highest BCUT2D eigenvalue weighted by atomic mass is 16.6. The summed E-state index contributed by atoms with van der Waals surface area (Å²) in [5.74, 6) is -17.7. The summed E-state index contributed by atoms with van der Waals surface area (Å²) in [5, 5.41) is 29.8. The van der Waals surface area contributed by atoms with Crippen LogP contribution in [-0.4, -0.2) is 109 Å². The monoisotopic (exact) mass is 1560 g/mol. The van der Waals surface area contributed by atoms with Gasteiger partial charge in [0.25, 0.3) is 5.91 Å². The third-order valence-corrected chi connectivity index (χ3v) is 24.3. The van der Waals surface area contributed by atoms with E-state index < -0.39 is 113 Å². The number of hydrogen-bond donors (Lipinski definition) is 4. The van der Waals surface area contributed by atoms with Gasteiger partial charge in [-0.2, -0.15) is 0 Å². The SMILES string of the molecule is CCCCCCCCCCCCCCCCC(CC1C(=O)OC(=O)C1C)C(C(=O)O)C(CC(CCCCCCCCCCCCCCCC)C1C(=O)N(CC(C)C)C(=O)C1CC(CCCCCCCCCCCCCCCC)C(C(=O)O)C(CC(C)C)C(=O)OCCNC(=O)c1ccc(N(C)C)cc1)C(=O)NCC(C)C. The van der Waals surface area contributed by atoms with Crippen LogP contribution >= 0.6 is 0 Å². The van der Waals surface area contributed by atoms with Crippen molar-refractivity contribution in [2.24, 2.45) is 82.9 Å². The van der Waals surface area contributed by atoms with Gasteiger partial charge in [-0.3, -0.25) is 48.1 Å². The summed E-state index contributed by atoms with van der Waals surface area (Å²) < 4.78 is 11.2. The lowest BCUT2D eigenvalue weighted by atomic mass is 9.66. The van der Waals surface area contributed by atoms with Gasteiger partial charge in [-0.25, -0.2) is 0 Å². The number of benzene rings is 1. The Balaban J connectivity index is 2.22. The van der Waals surface area contributed by atoms with Gasteiger partial charge in [0.1, 0.15) is 6.61 Å². The molecule has 0 bridgehead atoms. The predicted molar refractivity (Wildman–Crippen MR) is 452 cm³/mol. The second-order valence-corrected chi connectivity index (χ2v) is 35.7. The molecule has 0 aliphatic carbocycles. The van der Waals surface area contributed by atoms with Crippen LogP contribution in [0.2, 0.25) is 0 Å². The minimum absolute atomic E-state index is 0.00744. The van der Waals surface area contributed by atoms with E-state index in [4.69, 9.17) is 9.47 Å². The topological polar surface area (TPSA) is 243 Å². The van der Waals surface area contributed by atoms with Crippen LogP contribution in [0.4, 0.5) is 5.69 Å². The van der Waals surface area contributed by atoms with Crippen molar-refractivity contribution in [3.05, 3.63) is 29.8 Å².